The van der Waals surface area contributed by atoms with Crippen molar-refractivity contribution in [3.05, 3.63) is 29.6 Å². The zero-order valence-electron chi connectivity index (χ0n) is 13.9. The molecule has 6 heteroatoms. The Kier molecular flexibility index (Phi) is 5.82. The summed E-state index contributed by atoms with van der Waals surface area (Å²) in [4.78, 5) is 13.8. The third-order valence-corrected chi connectivity index (χ3v) is 4.48. The molecular formula is C17H25FN2O3. The number of hydrogen-bond acceptors (Lipinski definition) is 3. The summed E-state index contributed by atoms with van der Waals surface area (Å²) in [5.74, 6) is 0.113. The van der Waals surface area contributed by atoms with E-state index in [0.29, 0.717) is 17.9 Å². The van der Waals surface area contributed by atoms with Crippen LogP contribution in [0.5, 0.6) is 5.75 Å². The number of aliphatic hydroxyl groups excluding tert-OH is 1. The molecule has 0 spiro atoms. The topological polar surface area (TPSA) is 61.8 Å². The van der Waals surface area contributed by atoms with Crippen LogP contribution in [0.25, 0.3) is 0 Å². The summed E-state index contributed by atoms with van der Waals surface area (Å²) in [7, 11) is 3.16. The van der Waals surface area contributed by atoms with Crippen molar-refractivity contribution in [2.24, 2.45) is 5.92 Å². The quantitative estimate of drug-likeness (QED) is 0.875. The number of carbonyl (C=O) groups excluding carboxylic acids is 1. The minimum absolute atomic E-state index is 0.115. The van der Waals surface area contributed by atoms with Crippen LogP contribution in [0.3, 0.4) is 0 Å². The molecule has 1 fully saturated rings. The highest BCUT2D eigenvalue weighted by Gasteiger charge is 2.28. The molecule has 1 aromatic carbocycles. The zero-order chi connectivity index (χ0) is 17.0. The highest BCUT2D eigenvalue weighted by Crippen LogP contribution is 2.28. The number of hydrogen-bond donors (Lipinski definition) is 2. The minimum atomic E-state index is -0.519. The lowest BCUT2D eigenvalue weighted by molar-refractivity contribution is 0.113. The Bertz CT molecular complexity index is 553. The van der Waals surface area contributed by atoms with Crippen LogP contribution >= 0.6 is 0 Å². The van der Waals surface area contributed by atoms with E-state index in [4.69, 9.17) is 4.74 Å². The second-order valence-electron chi connectivity index (χ2n) is 6.17. The predicted octanol–water partition coefficient (Wildman–Crippen LogP) is 2.70. The van der Waals surface area contributed by atoms with Gasteiger partial charge in [0.05, 0.1) is 24.8 Å². The minimum Gasteiger partial charge on any atom is -0.496 e. The second kappa shape index (κ2) is 7.64. The summed E-state index contributed by atoms with van der Waals surface area (Å²) in [6, 6.07) is 3.77. The van der Waals surface area contributed by atoms with E-state index in [2.05, 4.69) is 5.32 Å². The maximum atomic E-state index is 14.0. The first-order valence-electron chi connectivity index (χ1n) is 7.96. The Hall–Kier alpha value is -1.82. The first kappa shape index (κ1) is 17.5. The van der Waals surface area contributed by atoms with Crippen molar-refractivity contribution in [2.75, 3.05) is 20.7 Å². The highest BCUT2D eigenvalue weighted by atomic mass is 19.1. The van der Waals surface area contributed by atoms with E-state index < -0.39 is 11.9 Å². The number of benzene rings is 1. The first-order chi connectivity index (χ1) is 10.9. The van der Waals surface area contributed by atoms with Gasteiger partial charge in [-0.3, -0.25) is 0 Å². The standard InChI is InChI=1S/C17H25FN2O3/c1-11(16-13(18)7-5-9-15(16)23-3)19-17(22)20(2)10-12-6-4-8-14(12)21/h5,7,9,11-12,14,21H,4,6,8,10H2,1-3H3,(H,19,22). The number of amides is 2. The highest BCUT2D eigenvalue weighted by molar-refractivity contribution is 5.74. The Morgan fingerprint density at radius 2 is 2.26 bits per heavy atom. The fourth-order valence-electron chi connectivity index (χ4n) is 3.15. The van der Waals surface area contributed by atoms with E-state index in [0.717, 1.165) is 19.3 Å². The van der Waals surface area contributed by atoms with Crippen LogP contribution in [0, 0.1) is 11.7 Å². The molecule has 2 rings (SSSR count). The average molecular weight is 324 g/mol. The van der Waals surface area contributed by atoms with Crippen molar-refractivity contribution in [2.45, 2.75) is 38.3 Å². The molecule has 5 nitrogen and oxygen atoms in total. The summed E-state index contributed by atoms with van der Waals surface area (Å²) in [6.45, 7) is 2.21. The molecule has 0 aromatic heterocycles. The van der Waals surface area contributed by atoms with Gasteiger partial charge in [-0.15, -0.1) is 0 Å². The van der Waals surface area contributed by atoms with Crippen molar-refractivity contribution in [3.63, 3.8) is 0 Å². The SMILES string of the molecule is COc1cccc(F)c1C(C)NC(=O)N(C)CC1CCCC1O. The van der Waals surface area contributed by atoms with Crippen molar-refractivity contribution < 1.29 is 19.0 Å². The third-order valence-electron chi connectivity index (χ3n) is 4.48. The number of methoxy groups -OCH3 is 1. The number of rotatable bonds is 5. The van der Waals surface area contributed by atoms with Gasteiger partial charge in [0.25, 0.3) is 0 Å². The number of ether oxygens (including phenoxy) is 1. The number of aliphatic hydroxyl groups is 1. The molecule has 2 N–H and O–H groups in total. The van der Waals surface area contributed by atoms with Gasteiger partial charge in [-0.2, -0.15) is 0 Å². The predicted molar refractivity (Wildman–Crippen MR) is 85.9 cm³/mol. The zero-order valence-corrected chi connectivity index (χ0v) is 13.9. The fraction of sp³-hybridized carbons (Fsp3) is 0.588. The maximum Gasteiger partial charge on any atom is 0.317 e. The summed E-state index contributed by atoms with van der Waals surface area (Å²) in [5, 5.41) is 12.6. The Morgan fingerprint density at radius 3 is 2.87 bits per heavy atom. The number of carbonyl (C=O) groups is 1. The molecule has 1 aliphatic rings. The summed E-state index contributed by atoms with van der Waals surface area (Å²) < 4.78 is 19.2. The van der Waals surface area contributed by atoms with Gasteiger partial charge in [0, 0.05) is 19.5 Å². The van der Waals surface area contributed by atoms with Crippen LogP contribution in [-0.4, -0.2) is 42.8 Å². The maximum absolute atomic E-state index is 14.0. The Labute approximate surface area is 136 Å². The van der Waals surface area contributed by atoms with E-state index in [-0.39, 0.29) is 18.1 Å². The van der Waals surface area contributed by atoms with Crippen molar-refractivity contribution >= 4 is 6.03 Å². The molecule has 0 heterocycles. The van der Waals surface area contributed by atoms with Gasteiger partial charge in [-0.25, -0.2) is 9.18 Å². The van der Waals surface area contributed by atoms with Crippen LogP contribution in [0.4, 0.5) is 9.18 Å². The van der Waals surface area contributed by atoms with Gasteiger partial charge in [-0.05, 0) is 31.9 Å². The van der Waals surface area contributed by atoms with Gasteiger partial charge in [-0.1, -0.05) is 12.5 Å². The molecule has 1 aliphatic carbocycles. The molecule has 23 heavy (non-hydrogen) atoms. The van der Waals surface area contributed by atoms with E-state index in [1.54, 1.807) is 31.0 Å². The van der Waals surface area contributed by atoms with Crippen LogP contribution in [-0.2, 0) is 0 Å². The second-order valence-corrected chi connectivity index (χ2v) is 6.17. The van der Waals surface area contributed by atoms with E-state index >= 15 is 0 Å². The van der Waals surface area contributed by atoms with Crippen LogP contribution in [0.1, 0.15) is 37.8 Å². The number of halogens is 1. The molecule has 128 valence electrons. The van der Waals surface area contributed by atoms with Gasteiger partial charge in [0.1, 0.15) is 11.6 Å². The summed E-state index contributed by atoms with van der Waals surface area (Å²) in [5.41, 5.74) is 0.331. The largest absolute Gasteiger partial charge is 0.496 e. The smallest absolute Gasteiger partial charge is 0.317 e. The molecule has 0 bridgehead atoms. The fourth-order valence-corrected chi connectivity index (χ4v) is 3.15. The molecular weight excluding hydrogens is 299 g/mol. The molecule has 1 saturated carbocycles. The third kappa shape index (κ3) is 4.13. The van der Waals surface area contributed by atoms with E-state index in [1.807, 2.05) is 0 Å². The Morgan fingerprint density at radius 1 is 1.52 bits per heavy atom. The normalized spacial score (nSPS) is 21.8. The van der Waals surface area contributed by atoms with Crippen LogP contribution < -0.4 is 10.1 Å². The van der Waals surface area contributed by atoms with E-state index in [9.17, 15) is 14.3 Å². The summed E-state index contributed by atoms with van der Waals surface area (Å²) in [6.07, 6.45) is 2.37. The van der Waals surface area contributed by atoms with E-state index in [1.165, 1.54) is 13.2 Å². The molecule has 0 radical (unpaired) electrons. The lowest BCUT2D eigenvalue weighted by atomic mass is 10.1. The number of nitrogens with zero attached hydrogens (tertiary/aromatic N) is 1. The Balaban J connectivity index is 1.99. The molecule has 3 atom stereocenters. The van der Waals surface area contributed by atoms with Gasteiger partial charge in [0.2, 0.25) is 0 Å². The van der Waals surface area contributed by atoms with Gasteiger partial charge in [0.15, 0.2) is 0 Å². The monoisotopic (exact) mass is 324 g/mol. The lowest BCUT2D eigenvalue weighted by Gasteiger charge is -2.26. The average Bonchev–Trinajstić information content (AvgIpc) is 2.91. The van der Waals surface area contributed by atoms with Gasteiger partial charge >= 0.3 is 6.03 Å². The first-order valence-corrected chi connectivity index (χ1v) is 7.96. The van der Waals surface area contributed by atoms with Crippen LogP contribution in [0.2, 0.25) is 0 Å². The molecule has 0 saturated heterocycles. The van der Waals surface area contributed by atoms with Crippen molar-refractivity contribution in [1.29, 1.82) is 0 Å². The van der Waals surface area contributed by atoms with Crippen molar-refractivity contribution in [3.8, 4) is 5.75 Å². The summed E-state index contributed by atoms with van der Waals surface area (Å²) >= 11 is 0. The van der Waals surface area contributed by atoms with Crippen molar-refractivity contribution in [1.82, 2.24) is 10.2 Å². The molecule has 0 aliphatic heterocycles. The molecule has 2 amide bonds. The van der Waals surface area contributed by atoms with Gasteiger partial charge < -0.3 is 20.1 Å². The lowest BCUT2D eigenvalue weighted by Crippen LogP contribution is -2.42. The number of urea groups is 1. The van der Waals surface area contributed by atoms with Crippen LogP contribution in [0.15, 0.2) is 18.2 Å². The molecule has 1 aromatic rings. The molecule has 3 unspecified atom stereocenters. The number of nitrogens with one attached hydrogen (secondary N) is 1.